The molecule has 1 aromatic heterocycles. The van der Waals surface area contributed by atoms with Crippen LogP contribution in [0.15, 0.2) is 22.7 Å². The van der Waals surface area contributed by atoms with Gasteiger partial charge in [0, 0.05) is 6.92 Å². The van der Waals surface area contributed by atoms with Crippen molar-refractivity contribution in [3.63, 3.8) is 0 Å². The Balaban J connectivity index is 1.64. The Labute approximate surface area is 154 Å². The van der Waals surface area contributed by atoms with Crippen molar-refractivity contribution in [2.75, 3.05) is 6.61 Å². The summed E-state index contributed by atoms with van der Waals surface area (Å²) in [6, 6.07) is 5.97. The molecule has 1 heterocycles. The molecule has 1 amide bonds. The summed E-state index contributed by atoms with van der Waals surface area (Å²) >= 11 is 0. The summed E-state index contributed by atoms with van der Waals surface area (Å²) in [6.45, 7) is 8.12. The largest absolute Gasteiger partial charge is 0.484 e. The zero-order chi connectivity index (χ0) is 18.7. The molecule has 140 valence electrons. The number of amides is 1. The summed E-state index contributed by atoms with van der Waals surface area (Å²) in [6.07, 6.45) is 3.70. The maximum atomic E-state index is 12.5. The minimum atomic E-state index is -0.532. The summed E-state index contributed by atoms with van der Waals surface area (Å²) < 4.78 is 10.8. The minimum absolute atomic E-state index is 0.0287. The lowest BCUT2D eigenvalue weighted by atomic mass is 9.96. The van der Waals surface area contributed by atoms with Crippen LogP contribution < -0.4 is 10.1 Å². The van der Waals surface area contributed by atoms with Gasteiger partial charge in [-0.15, -0.1) is 0 Å². The summed E-state index contributed by atoms with van der Waals surface area (Å²) in [5.74, 6) is 2.08. The maximum Gasteiger partial charge on any atom is 0.258 e. The molecule has 3 rings (SSSR count). The Hall–Kier alpha value is -2.37. The topological polar surface area (TPSA) is 77.2 Å². The number of hydrogen-bond donors (Lipinski definition) is 1. The van der Waals surface area contributed by atoms with Gasteiger partial charge in [-0.25, -0.2) is 0 Å². The van der Waals surface area contributed by atoms with Crippen molar-refractivity contribution >= 4 is 5.91 Å². The van der Waals surface area contributed by atoms with Crippen LogP contribution in [-0.4, -0.2) is 22.7 Å². The van der Waals surface area contributed by atoms with Gasteiger partial charge in [-0.1, -0.05) is 37.9 Å². The molecule has 6 nitrogen and oxygen atoms in total. The first-order valence-electron chi connectivity index (χ1n) is 9.25. The second-order valence-corrected chi connectivity index (χ2v) is 7.44. The van der Waals surface area contributed by atoms with E-state index in [4.69, 9.17) is 9.26 Å². The van der Waals surface area contributed by atoms with Crippen molar-refractivity contribution in [3.8, 4) is 5.75 Å². The van der Waals surface area contributed by atoms with Crippen LogP contribution in [0.4, 0.5) is 0 Å². The molecule has 0 atom stereocenters. The number of rotatable bonds is 6. The highest BCUT2D eigenvalue weighted by Crippen LogP contribution is 2.37. The predicted molar refractivity (Wildman–Crippen MR) is 98.1 cm³/mol. The molecule has 26 heavy (non-hydrogen) atoms. The third-order valence-electron chi connectivity index (χ3n) is 5.02. The SMILES string of the molecule is Cc1nc(C2(NC(=O)COc3ccc(C(C)C)c(C)c3)CCCC2)no1. The zero-order valence-corrected chi connectivity index (χ0v) is 16.0. The molecular weight excluding hydrogens is 330 g/mol. The van der Waals surface area contributed by atoms with E-state index in [9.17, 15) is 4.79 Å². The first-order valence-corrected chi connectivity index (χ1v) is 9.25. The van der Waals surface area contributed by atoms with E-state index < -0.39 is 5.54 Å². The number of carbonyl (C=O) groups is 1. The van der Waals surface area contributed by atoms with E-state index in [0.29, 0.717) is 23.4 Å². The molecule has 0 bridgehead atoms. The van der Waals surface area contributed by atoms with Crippen molar-refractivity contribution in [2.24, 2.45) is 0 Å². The van der Waals surface area contributed by atoms with Gasteiger partial charge < -0.3 is 14.6 Å². The summed E-state index contributed by atoms with van der Waals surface area (Å²) in [4.78, 5) is 16.8. The van der Waals surface area contributed by atoms with E-state index in [2.05, 4.69) is 42.3 Å². The van der Waals surface area contributed by atoms with Crippen molar-refractivity contribution < 1.29 is 14.1 Å². The Morgan fingerprint density at radius 1 is 1.31 bits per heavy atom. The second-order valence-electron chi connectivity index (χ2n) is 7.44. The Morgan fingerprint density at radius 3 is 2.62 bits per heavy atom. The van der Waals surface area contributed by atoms with Gasteiger partial charge in [-0.05, 0) is 48.9 Å². The van der Waals surface area contributed by atoms with E-state index in [0.717, 1.165) is 25.7 Å². The molecule has 0 saturated heterocycles. The summed E-state index contributed by atoms with van der Waals surface area (Å²) in [5.41, 5.74) is 1.93. The molecule has 1 saturated carbocycles. The number of nitrogens with zero attached hydrogens (tertiary/aromatic N) is 2. The summed E-state index contributed by atoms with van der Waals surface area (Å²) in [5, 5.41) is 7.12. The number of benzene rings is 1. The highest BCUT2D eigenvalue weighted by molar-refractivity contribution is 5.78. The van der Waals surface area contributed by atoms with Crippen LogP contribution in [0.3, 0.4) is 0 Å². The van der Waals surface area contributed by atoms with Crippen LogP contribution in [0.5, 0.6) is 5.75 Å². The Morgan fingerprint density at radius 2 is 2.04 bits per heavy atom. The highest BCUT2D eigenvalue weighted by Gasteiger charge is 2.41. The molecular formula is C20H27N3O3. The van der Waals surface area contributed by atoms with E-state index >= 15 is 0 Å². The molecule has 1 aliphatic rings. The average Bonchev–Trinajstić information content (AvgIpc) is 3.22. The van der Waals surface area contributed by atoms with E-state index in [1.165, 1.54) is 11.1 Å². The average molecular weight is 357 g/mol. The molecule has 1 N–H and O–H groups in total. The van der Waals surface area contributed by atoms with Crippen LogP contribution in [0.1, 0.15) is 68.3 Å². The van der Waals surface area contributed by atoms with Crippen LogP contribution in [0.25, 0.3) is 0 Å². The van der Waals surface area contributed by atoms with Crippen LogP contribution in [0.2, 0.25) is 0 Å². The van der Waals surface area contributed by atoms with Gasteiger partial charge in [-0.3, -0.25) is 4.79 Å². The van der Waals surface area contributed by atoms with Crippen molar-refractivity contribution in [3.05, 3.63) is 41.0 Å². The normalized spacial score (nSPS) is 16.0. The van der Waals surface area contributed by atoms with Crippen molar-refractivity contribution in [2.45, 2.75) is 64.8 Å². The second kappa shape index (κ2) is 7.48. The molecule has 0 aliphatic heterocycles. The molecule has 1 fully saturated rings. The monoisotopic (exact) mass is 357 g/mol. The van der Waals surface area contributed by atoms with Gasteiger partial charge in [0.1, 0.15) is 11.3 Å². The molecule has 1 aliphatic carbocycles. The lowest BCUT2D eigenvalue weighted by Crippen LogP contribution is -2.46. The fraction of sp³-hybridized carbons (Fsp3) is 0.550. The van der Waals surface area contributed by atoms with Gasteiger partial charge in [0.05, 0.1) is 0 Å². The quantitative estimate of drug-likeness (QED) is 0.851. The smallest absolute Gasteiger partial charge is 0.258 e. The number of carbonyl (C=O) groups excluding carboxylic acids is 1. The summed E-state index contributed by atoms with van der Waals surface area (Å²) in [7, 11) is 0. The van der Waals surface area contributed by atoms with E-state index in [1.807, 2.05) is 12.1 Å². The standard InChI is InChI=1S/C20H27N3O3/c1-13(2)17-8-7-16(11-14(17)3)25-12-18(24)22-20(9-5-6-10-20)19-21-15(4)26-23-19/h7-8,11,13H,5-6,9-10,12H2,1-4H3,(H,22,24). The number of aryl methyl sites for hydroxylation is 2. The van der Waals surface area contributed by atoms with Crippen LogP contribution in [-0.2, 0) is 10.3 Å². The Bertz CT molecular complexity index is 776. The first kappa shape index (κ1) is 18.4. The molecule has 1 aromatic carbocycles. The Kier molecular flexibility index (Phi) is 5.30. The highest BCUT2D eigenvalue weighted by atomic mass is 16.5. The molecule has 0 spiro atoms. The van der Waals surface area contributed by atoms with Crippen molar-refractivity contribution in [1.29, 1.82) is 0 Å². The van der Waals surface area contributed by atoms with E-state index in [1.54, 1.807) is 6.92 Å². The molecule has 0 radical (unpaired) electrons. The number of nitrogens with one attached hydrogen (secondary N) is 1. The van der Waals surface area contributed by atoms with Gasteiger partial charge in [0.25, 0.3) is 5.91 Å². The first-order chi connectivity index (χ1) is 12.4. The third kappa shape index (κ3) is 3.89. The van der Waals surface area contributed by atoms with Gasteiger partial charge >= 0.3 is 0 Å². The lowest BCUT2D eigenvalue weighted by Gasteiger charge is -2.26. The van der Waals surface area contributed by atoms with Gasteiger partial charge in [0.2, 0.25) is 5.89 Å². The number of aromatic nitrogens is 2. The molecule has 0 unspecified atom stereocenters. The van der Waals surface area contributed by atoms with Gasteiger partial charge in [-0.2, -0.15) is 4.98 Å². The lowest BCUT2D eigenvalue weighted by molar-refractivity contribution is -0.125. The van der Waals surface area contributed by atoms with Crippen molar-refractivity contribution in [1.82, 2.24) is 15.5 Å². The molecule has 2 aromatic rings. The third-order valence-corrected chi connectivity index (χ3v) is 5.02. The van der Waals surface area contributed by atoms with Crippen LogP contribution in [0, 0.1) is 13.8 Å². The van der Waals surface area contributed by atoms with Crippen LogP contribution >= 0.6 is 0 Å². The van der Waals surface area contributed by atoms with E-state index in [-0.39, 0.29) is 12.5 Å². The fourth-order valence-corrected chi connectivity index (χ4v) is 3.71. The predicted octanol–water partition coefficient (Wildman–Crippen LogP) is 3.77. The maximum absolute atomic E-state index is 12.5. The number of hydrogen-bond acceptors (Lipinski definition) is 5. The van der Waals surface area contributed by atoms with Gasteiger partial charge in [0.15, 0.2) is 12.4 Å². The fourth-order valence-electron chi connectivity index (χ4n) is 3.71. The zero-order valence-electron chi connectivity index (χ0n) is 16.0. The number of ether oxygens (including phenoxy) is 1. The minimum Gasteiger partial charge on any atom is -0.484 e. The molecule has 6 heteroatoms.